The van der Waals surface area contributed by atoms with E-state index in [1.165, 1.54) is 27.8 Å². The van der Waals surface area contributed by atoms with Crippen molar-refractivity contribution in [3.05, 3.63) is 64.3 Å². The third-order valence-corrected chi connectivity index (χ3v) is 4.83. The predicted molar refractivity (Wildman–Crippen MR) is 95.8 cm³/mol. The maximum Gasteiger partial charge on any atom is 0.270 e. The number of hydrogen-bond donors (Lipinski definition) is 0. The molecule has 3 nitrogen and oxygen atoms in total. The van der Waals surface area contributed by atoms with Crippen molar-refractivity contribution in [3.63, 3.8) is 0 Å². The number of amides is 1. The molecule has 5 heteroatoms. The van der Waals surface area contributed by atoms with Crippen LogP contribution in [0, 0.1) is 13.8 Å². The molecule has 1 aliphatic heterocycles. The number of rotatable bonds is 2. The lowest BCUT2D eigenvalue weighted by molar-refractivity contribution is -0.113. The van der Waals surface area contributed by atoms with E-state index in [1.807, 2.05) is 18.2 Å². The Morgan fingerprint density at radius 1 is 1.23 bits per heavy atom. The highest BCUT2D eigenvalue weighted by atomic mass is 32.2. The molecule has 110 valence electrons. The van der Waals surface area contributed by atoms with E-state index in [9.17, 15) is 4.79 Å². The van der Waals surface area contributed by atoms with Gasteiger partial charge in [0.05, 0.1) is 16.8 Å². The van der Waals surface area contributed by atoms with Gasteiger partial charge in [-0.3, -0.25) is 14.7 Å². The second-order valence-corrected chi connectivity index (χ2v) is 6.75. The van der Waals surface area contributed by atoms with Crippen LogP contribution in [0.15, 0.2) is 47.6 Å². The van der Waals surface area contributed by atoms with Crippen LogP contribution in [0.4, 0.5) is 5.69 Å². The lowest BCUT2D eigenvalue weighted by Gasteiger charge is -2.13. The summed E-state index contributed by atoms with van der Waals surface area (Å²) in [5, 5.41) is 0. The van der Waals surface area contributed by atoms with Crippen LogP contribution in [0.2, 0.25) is 0 Å². The summed E-state index contributed by atoms with van der Waals surface area (Å²) in [6, 6.07) is 9.77. The zero-order valence-corrected chi connectivity index (χ0v) is 13.9. The van der Waals surface area contributed by atoms with Gasteiger partial charge in [0.25, 0.3) is 5.91 Å². The van der Waals surface area contributed by atoms with E-state index in [1.54, 1.807) is 18.5 Å². The Hall–Kier alpha value is -1.98. The molecule has 0 radical (unpaired) electrons. The molecule has 0 unspecified atom stereocenters. The van der Waals surface area contributed by atoms with Gasteiger partial charge in [0.15, 0.2) is 4.32 Å². The first kappa shape index (κ1) is 14.9. The third kappa shape index (κ3) is 2.82. The zero-order valence-electron chi connectivity index (χ0n) is 12.2. The molecule has 2 heterocycles. The van der Waals surface area contributed by atoms with Crippen LogP contribution in [0.3, 0.4) is 0 Å². The number of benzene rings is 1. The fourth-order valence-corrected chi connectivity index (χ4v) is 3.48. The topological polar surface area (TPSA) is 33.2 Å². The molecule has 0 atom stereocenters. The smallest absolute Gasteiger partial charge is 0.268 e. The van der Waals surface area contributed by atoms with Crippen LogP contribution in [-0.4, -0.2) is 15.2 Å². The highest BCUT2D eigenvalue weighted by Gasteiger charge is 2.33. The number of aromatic nitrogens is 1. The summed E-state index contributed by atoms with van der Waals surface area (Å²) in [5.41, 5.74) is 4.15. The Bertz CT molecular complexity index is 785. The molecule has 1 aliphatic rings. The first-order valence-electron chi connectivity index (χ1n) is 6.81. The normalized spacial score (nSPS) is 16.6. The summed E-state index contributed by atoms with van der Waals surface area (Å²) in [6.45, 7) is 4.13. The predicted octanol–water partition coefficient (Wildman–Crippen LogP) is 4.10. The number of carbonyl (C=O) groups is 1. The SMILES string of the molecule is Cc1ccc(C=C2SC(=S)N(c3cccnc3)C2=O)cc1C. The number of hydrogen-bond acceptors (Lipinski definition) is 4. The Kier molecular flexibility index (Phi) is 4.09. The monoisotopic (exact) mass is 326 g/mol. The molecular formula is C17H14N2OS2. The van der Waals surface area contributed by atoms with Crippen LogP contribution in [-0.2, 0) is 4.79 Å². The number of anilines is 1. The summed E-state index contributed by atoms with van der Waals surface area (Å²) in [5.74, 6) is -0.0961. The second-order valence-electron chi connectivity index (χ2n) is 5.07. The lowest BCUT2D eigenvalue weighted by atomic mass is 10.1. The number of pyridine rings is 1. The molecule has 1 aromatic heterocycles. The minimum atomic E-state index is -0.0961. The Morgan fingerprint density at radius 3 is 2.73 bits per heavy atom. The van der Waals surface area contributed by atoms with Crippen LogP contribution in [0.5, 0.6) is 0 Å². The third-order valence-electron chi connectivity index (χ3n) is 3.53. The van der Waals surface area contributed by atoms with Gasteiger partial charge in [-0.2, -0.15) is 0 Å². The first-order chi connectivity index (χ1) is 10.6. The van der Waals surface area contributed by atoms with Crippen LogP contribution in [0.1, 0.15) is 16.7 Å². The number of nitrogens with zero attached hydrogens (tertiary/aromatic N) is 2. The molecule has 2 aromatic rings. The van der Waals surface area contributed by atoms with Crippen molar-refractivity contribution in [2.24, 2.45) is 0 Å². The van der Waals surface area contributed by atoms with Gasteiger partial charge in [0.1, 0.15) is 0 Å². The van der Waals surface area contributed by atoms with Crippen LogP contribution >= 0.6 is 24.0 Å². The van der Waals surface area contributed by atoms with Crippen molar-refractivity contribution in [1.29, 1.82) is 0 Å². The average Bonchev–Trinajstić information content (AvgIpc) is 2.78. The van der Waals surface area contributed by atoms with Gasteiger partial charge in [0.2, 0.25) is 0 Å². The number of thioether (sulfide) groups is 1. The van der Waals surface area contributed by atoms with Crippen molar-refractivity contribution in [2.75, 3.05) is 4.90 Å². The highest BCUT2D eigenvalue weighted by molar-refractivity contribution is 8.27. The maximum atomic E-state index is 12.6. The van der Waals surface area contributed by atoms with Gasteiger partial charge >= 0.3 is 0 Å². The maximum absolute atomic E-state index is 12.6. The number of carbonyl (C=O) groups excluding carboxylic acids is 1. The number of thiocarbonyl (C=S) groups is 1. The van der Waals surface area contributed by atoms with E-state index in [-0.39, 0.29) is 5.91 Å². The molecule has 1 fully saturated rings. The molecule has 0 saturated carbocycles. The Labute approximate surface area is 139 Å². The Morgan fingerprint density at radius 2 is 2.05 bits per heavy atom. The van der Waals surface area contributed by atoms with Crippen molar-refractivity contribution < 1.29 is 4.79 Å². The molecule has 1 amide bonds. The van der Waals surface area contributed by atoms with Gasteiger partial charge in [-0.25, -0.2) is 0 Å². The molecule has 0 N–H and O–H groups in total. The summed E-state index contributed by atoms with van der Waals surface area (Å²) >= 11 is 6.66. The average molecular weight is 326 g/mol. The fraction of sp³-hybridized carbons (Fsp3) is 0.118. The van der Waals surface area contributed by atoms with Crippen molar-refractivity contribution >= 4 is 46.0 Å². The second kappa shape index (κ2) is 6.02. The standard InChI is InChI=1S/C17H14N2OS2/c1-11-5-6-13(8-12(11)2)9-15-16(20)19(17(21)22-15)14-4-3-7-18-10-14/h3-10H,1-2H3. The summed E-state index contributed by atoms with van der Waals surface area (Å²) < 4.78 is 0.535. The van der Waals surface area contributed by atoms with Crippen molar-refractivity contribution in [1.82, 2.24) is 4.98 Å². The highest BCUT2D eigenvalue weighted by Crippen LogP contribution is 2.35. The van der Waals surface area contributed by atoms with E-state index >= 15 is 0 Å². The van der Waals surface area contributed by atoms with Gasteiger partial charge in [-0.05, 0) is 48.7 Å². The molecule has 1 saturated heterocycles. The first-order valence-corrected chi connectivity index (χ1v) is 8.04. The van der Waals surface area contributed by atoms with E-state index in [0.29, 0.717) is 14.9 Å². The molecule has 0 bridgehead atoms. The molecule has 3 rings (SSSR count). The Balaban J connectivity index is 1.93. The summed E-state index contributed by atoms with van der Waals surface area (Å²) in [7, 11) is 0. The van der Waals surface area contributed by atoms with Crippen LogP contribution in [0.25, 0.3) is 6.08 Å². The minimum absolute atomic E-state index is 0.0961. The summed E-state index contributed by atoms with van der Waals surface area (Å²) in [4.78, 5) is 18.8. The lowest BCUT2D eigenvalue weighted by Crippen LogP contribution is -2.27. The zero-order chi connectivity index (χ0) is 15.7. The van der Waals surface area contributed by atoms with Gasteiger partial charge < -0.3 is 0 Å². The molecule has 0 spiro atoms. The molecule has 0 aliphatic carbocycles. The molecule has 22 heavy (non-hydrogen) atoms. The van der Waals surface area contributed by atoms with Crippen molar-refractivity contribution in [3.8, 4) is 0 Å². The van der Waals surface area contributed by atoms with Gasteiger partial charge in [-0.1, -0.05) is 42.2 Å². The summed E-state index contributed by atoms with van der Waals surface area (Å²) in [6.07, 6.45) is 5.21. The minimum Gasteiger partial charge on any atom is -0.268 e. The molecular weight excluding hydrogens is 312 g/mol. The quantitative estimate of drug-likeness (QED) is 0.614. The van der Waals surface area contributed by atoms with Gasteiger partial charge in [-0.15, -0.1) is 0 Å². The molecule has 1 aromatic carbocycles. The van der Waals surface area contributed by atoms with Crippen molar-refractivity contribution in [2.45, 2.75) is 13.8 Å². The van der Waals surface area contributed by atoms with E-state index < -0.39 is 0 Å². The van der Waals surface area contributed by atoms with E-state index in [0.717, 1.165) is 5.56 Å². The number of aryl methyl sites for hydroxylation is 2. The largest absolute Gasteiger partial charge is 0.270 e. The fourth-order valence-electron chi connectivity index (χ4n) is 2.18. The van der Waals surface area contributed by atoms with E-state index in [2.05, 4.69) is 31.0 Å². The van der Waals surface area contributed by atoms with E-state index in [4.69, 9.17) is 12.2 Å². The van der Waals surface area contributed by atoms with Gasteiger partial charge in [0, 0.05) is 6.20 Å². The van der Waals surface area contributed by atoms with Crippen LogP contribution < -0.4 is 4.90 Å².